The second kappa shape index (κ2) is 7.11. The van der Waals surface area contributed by atoms with Gasteiger partial charge in [-0.1, -0.05) is 6.07 Å². The smallest absolute Gasteiger partial charge is 0.270 e. The highest BCUT2D eigenvalue weighted by atomic mass is 16.5. The van der Waals surface area contributed by atoms with Gasteiger partial charge < -0.3 is 19.5 Å². The van der Waals surface area contributed by atoms with E-state index in [9.17, 15) is 9.59 Å². The van der Waals surface area contributed by atoms with Gasteiger partial charge in [-0.05, 0) is 30.5 Å². The number of carbonyl (C=O) groups excluding carboxylic acids is 1. The van der Waals surface area contributed by atoms with Crippen LogP contribution >= 0.6 is 0 Å². The molecule has 1 aromatic heterocycles. The van der Waals surface area contributed by atoms with E-state index in [0.29, 0.717) is 36.1 Å². The SMILES string of the molecule is COc1ccc(C2CC(=O)Nc3c2c(=O)[nH]n3C2CCOCC2)cc1OC. The van der Waals surface area contributed by atoms with E-state index in [0.717, 1.165) is 18.4 Å². The molecule has 0 spiro atoms. The highest BCUT2D eigenvalue weighted by molar-refractivity contribution is 5.94. The molecule has 2 aromatic rings. The molecule has 8 heteroatoms. The Morgan fingerprint density at radius 2 is 1.85 bits per heavy atom. The molecular formula is C19H23N3O5. The summed E-state index contributed by atoms with van der Waals surface area (Å²) in [6.45, 7) is 1.29. The lowest BCUT2D eigenvalue weighted by atomic mass is 9.87. The maximum atomic E-state index is 12.8. The standard InChI is InChI=1S/C19H23N3O5/c1-25-14-4-3-11(9-15(14)26-2)13-10-16(23)20-18-17(13)19(24)21-22(18)12-5-7-27-8-6-12/h3-4,9,12-13H,5-8,10H2,1-2H3,(H,20,23)(H,21,24). The van der Waals surface area contributed by atoms with E-state index in [4.69, 9.17) is 14.2 Å². The second-order valence-corrected chi connectivity index (χ2v) is 6.84. The van der Waals surface area contributed by atoms with Crippen LogP contribution in [0.4, 0.5) is 5.82 Å². The summed E-state index contributed by atoms with van der Waals surface area (Å²) in [5.41, 5.74) is 1.27. The van der Waals surface area contributed by atoms with Gasteiger partial charge >= 0.3 is 0 Å². The molecule has 1 saturated heterocycles. The molecule has 2 aliphatic heterocycles. The minimum absolute atomic E-state index is 0.109. The Labute approximate surface area is 156 Å². The average Bonchev–Trinajstić information content (AvgIpc) is 3.03. The molecule has 0 saturated carbocycles. The summed E-state index contributed by atoms with van der Waals surface area (Å²) in [5.74, 6) is 1.31. The molecule has 1 aromatic carbocycles. The first kappa shape index (κ1) is 17.7. The van der Waals surface area contributed by atoms with Gasteiger partial charge in [0.2, 0.25) is 5.91 Å². The molecule has 144 valence electrons. The molecule has 1 fully saturated rings. The number of hydrogen-bond donors (Lipinski definition) is 2. The summed E-state index contributed by atoms with van der Waals surface area (Å²) in [6.07, 6.45) is 1.81. The van der Waals surface area contributed by atoms with Crippen molar-refractivity contribution in [2.24, 2.45) is 0 Å². The molecule has 1 atom stereocenters. The third-order valence-corrected chi connectivity index (χ3v) is 5.32. The number of aromatic nitrogens is 2. The number of fused-ring (bicyclic) bond motifs is 1. The van der Waals surface area contributed by atoms with Crippen molar-refractivity contribution in [3.8, 4) is 11.5 Å². The zero-order valence-electron chi connectivity index (χ0n) is 15.4. The number of benzene rings is 1. The molecule has 27 heavy (non-hydrogen) atoms. The molecule has 0 aliphatic carbocycles. The van der Waals surface area contributed by atoms with Crippen molar-refractivity contribution in [3.05, 3.63) is 39.7 Å². The number of hydrogen-bond acceptors (Lipinski definition) is 5. The summed E-state index contributed by atoms with van der Waals surface area (Å²) >= 11 is 0. The van der Waals surface area contributed by atoms with E-state index in [1.807, 2.05) is 16.8 Å². The van der Waals surface area contributed by atoms with Crippen LogP contribution < -0.4 is 20.3 Å². The Balaban J connectivity index is 1.78. The summed E-state index contributed by atoms with van der Waals surface area (Å²) < 4.78 is 17.9. The maximum absolute atomic E-state index is 12.8. The van der Waals surface area contributed by atoms with Crippen molar-refractivity contribution in [2.75, 3.05) is 32.8 Å². The van der Waals surface area contributed by atoms with Crippen LogP contribution in [0.1, 0.15) is 42.3 Å². The fraction of sp³-hybridized carbons (Fsp3) is 0.474. The zero-order valence-corrected chi connectivity index (χ0v) is 15.4. The number of aromatic amines is 1. The fourth-order valence-electron chi connectivity index (χ4n) is 3.96. The highest BCUT2D eigenvalue weighted by Gasteiger charge is 2.34. The normalized spacial score (nSPS) is 20.1. The molecule has 4 rings (SSSR count). The van der Waals surface area contributed by atoms with Gasteiger partial charge in [-0.2, -0.15) is 0 Å². The maximum Gasteiger partial charge on any atom is 0.270 e. The van der Waals surface area contributed by atoms with Crippen LogP contribution in [0.5, 0.6) is 11.5 Å². The van der Waals surface area contributed by atoms with Crippen LogP contribution in [0.3, 0.4) is 0 Å². The lowest BCUT2D eigenvalue weighted by Gasteiger charge is -2.28. The Morgan fingerprint density at radius 1 is 1.11 bits per heavy atom. The molecule has 0 radical (unpaired) electrons. The summed E-state index contributed by atoms with van der Waals surface area (Å²) in [5, 5.41) is 5.82. The van der Waals surface area contributed by atoms with Crippen LogP contribution in [0.15, 0.2) is 23.0 Å². The van der Waals surface area contributed by atoms with E-state index in [-0.39, 0.29) is 29.8 Å². The van der Waals surface area contributed by atoms with Crippen molar-refractivity contribution >= 4 is 11.7 Å². The quantitative estimate of drug-likeness (QED) is 0.855. The van der Waals surface area contributed by atoms with Crippen LogP contribution in [0, 0.1) is 0 Å². The topological polar surface area (TPSA) is 94.6 Å². The van der Waals surface area contributed by atoms with Crippen LogP contribution in [-0.2, 0) is 9.53 Å². The average molecular weight is 373 g/mol. The van der Waals surface area contributed by atoms with E-state index < -0.39 is 0 Å². The van der Waals surface area contributed by atoms with Crippen LogP contribution in [-0.4, -0.2) is 43.1 Å². The van der Waals surface area contributed by atoms with Crippen LogP contribution in [0.25, 0.3) is 0 Å². The van der Waals surface area contributed by atoms with Crippen molar-refractivity contribution in [1.29, 1.82) is 0 Å². The first-order chi connectivity index (χ1) is 13.1. The lowest BCUT2D eigenvalue weighted by molar-refractivity contribution is -0.116. The fourth-order valence-corrected chi connectivity index (χ4v) is 3.96. The third kappa shape index (κ3) is 3.10. The van der Waals surface area contributed by atoms with Gasteiger partial charge in [-0.15, -0.1) is 0 Å². The van der Waals surface area contributed by atoms with Crippen molar-refractivity contribution < 1.29 is 19.0 Å². The largest absolute Gasteiger partial charge is 0.493 e. The van der Waals surface area contributed by atoms with Crippen molar-refractivity contribution in [1.82, 2.24) is 9.78 Å². The molecule has 2 N–H and O–H groups in total. The van der Waals surface area contributed by atoms with E-state index in [1.54, 1.807) is 20.3 Å². The first-order valence-electron chi connectivity index (χ1n) is 9.06. The van der Waals surface area contributed by atoms with Crippen LogP contribution in [0.2, 0.25) is 0 Å². The summed E-state index contributed by atoms with van der Waals surface area (Å²) in [4.78, 5) is 25.2. The Hall–Kier alpha value is -2.74. The lowest BCUT2D eigenvalue weighted by Crippen LogP contribution is -2.28. The van der Waals surface area contributed by atoms with E-state index >= 15 is 0 Å². The second-order valence-electron chi connectivity index (χ2n) is 6.84. The van der Waals surface area contributed by atoms with E-state index in [2.05, 4.69) is 10.4 Å². The zero-order chi connectivity index (χ0) is 19.0. The Kier molecular flexibility index (Phi) is 4.65. The van der Waals surface area contributed by atoms with E-state index in [1.165, 1.54) is 0 Å². The number of amides is 1. The molecule has 1 amide bonds. The summed E-state index contributed by atoms with van der Waals surface area (Å²) in [6, 6.07) is 5.61. The summed E-state index contributed by atoms with van der Waals surface area (Å²) in [7, 11) is 3.14. The number of rotatable bonds is 4. The molecular weight excluding hydrogens is 350 g/mol. The van der Waals surface area contributed by atoms with Gasteiger partial charge in [-0.25, -0.2) is 0 Å². The number of nitrogens with one attached hydrogen (secondary N) is 2. The number of carbonyl (C=O) groups is 1. The van der Waals surface area contributed by atoms with Gasteiger partial charge in [0.05, 0.1) is 25.8 Å². The highest BCUT2D eigenvalue weighted by Crippen LogP contribution is 2.39. The number of methoxy groups -OCH3 is 2. The number of nitrogens with zero attached hydrogens (tertiary/aromatic N) is 1. The molecule has 2 aliphatic rings. The molecule has 3 heterocycles. The third-order valence-electron chi connectivity index (χ3n) is 5.32. The Bertz CT molecular complexity index is 911. The molecule has 0 bridgehead atoms. The predicted octanol–water partition coefficient (Wildman–Crippen LogP) is 2.02. The van der Waals surface area contributed by atoms with Gasteiger partial charge in [0.1, 0.15) is 5.82 Å². The van der Waals surface area contributed by atoms with Gasteiger partial charge in [0.15, 0.2) is 11.5 Å². The van der Waals surface area contributed by atoms with Gasteiger partial charge in [0.25, 0.3) is 5.56 Å². The number of H-pyrrole nitrogens is 1. The minimum Gasteiger partial charge on any atom is -0.493 e. The Morgan fingerprint density at radius 3 is 2.56 bits per heavy atom. The molecule has 1 unspecified atom stereocenters. The monoisotopic (exact) mass is 373 g/mol. The first-order valence-corrected chi connectivity index (χ1v) is 9.06. The minimum atomic E-state index is -0.335. The number of ether oxygens (including phenoxy) is 3. The van der Waals surface area contributed by atoms with Crippen molar-refractivity contribution in [2.45, 2.75) is 31.2 Å². The van der Waals surface area contributed by atoms with Gasteiger partial charge in [-0.3, -0.25) is 19.4 Å². The molecule has 8 nitrogen and oxygen atoms in total. The van der Waals surface area contributed by atoms with Crippen molar-refractivity contribution in [3.63, 3.8) is 0 Å². The van der Waals surface area contributed by atoms with Gasteiger partial charge in [0, 0.05) is 25.6 Å². The number of anilines is 1. The predicted molar refractivity (Wildman–Crippen MR) is 98.8 cm³/mol.